The zero-order valence-electron chi connectivity index (χ0n) is 21.9. The van der Waals surface area contributed by atoms with Gasteiger partial charge in [-0.2, -0.15) is 0 Å². The first-order valence-electron chi connectivity index (χ1n) is 12.7. The van der Waals surface area contributed by atoms with Gasteiger partial charge >= 0.3 is 23.9 Å². The maximum atomic E-state index is 11.9. The van der Waals surface area contributed by atoms with Crippen molar-refractivity contribution in [3.8, 4) is 5.75 Å². The lowest BCUT2D eigenvalue weighted by Gasteiger charge is -2.40. The van der Waals surface area contributed by atoms with Gasteiger partial charge in [-0.3, -0.25) is 24.2 Å². The molecule has 0 bridgehead atoms. The highest BCUT2D eigenvalue weighted by Gasteiger charge is 2.34. The second-order valence-corrected chi connectivity index (χ2v) is 9.79. The van der Waals surface area contributed by atoms with E-state index in [0.717, 1.165) is 0 Å². The number of aliphatic carboxylic acids is 4. The molecule has 1 saturated heterocycles. The van der Waals surface area contributed by atoms with Gasteiger partial charge in [-0.05, 0) is 17.7 Å². The summed E-state index contributed by atoms with van der Waals surface area (Å²) in [5.41, 5.74) is 0.602. The Balaban J connectivity index is 2.12. The number of carboxylic acids is 4. The van der Waals surface area contributed by atoms with Gasteiger partial charge in [-0.15, -0.1) is 0 Å². The van der Waals surface area contributed by atoms with Crippen molar-refractivity contribution in [3.05, 3.63) is 29.8 Å². The Bertz CT molecular complexity index is 961. The van der Waals surface area contributed by atoms with Gasteiger partial charge in [0.1, 0.15) is 25.0 Å². The molecule has 0 aliphatic carbocycles. The molecule has 14 nitrogen and oxygen atoms in total. The number of carbonyl (C=O) groups is 4. The number of hydrogen-bond donors (Lipinski definition) is 6. The molecule has 2 rings (SSSR count). The van der Waals surface area contributed by atoms with Gasteiger partial charge in [0.25, 0.3) is 0 Å². The number of aliphatic hydroxyl groups excluding tert-OH is 1. The van der Waals surface area contributed by atoms with Crippen molar-refractivity contribution < 1.29 is 53.9 Å². The summed E-state index contributed by atoms with van der Waals surface area (Å²) in [5, 5.41) is 51.2. The van der Waals surface area contributed by atoms with E-state index in [0.29, 0.717) is 44.0 Å². The summed E-state index contributed by atoms with van der Waals surface area (Å²) in [5.74, 6) is -3.60. The minimum absolute atomic E-state index is 0.0145. The van der Waals surface area contributed by atoms with Gasteiger partial charge < -0.3 is 40.1 Å². The second kappa shape index (κ2) is 16.0. The fraction of sp³-hybridized carbons (Fsp3) is 0.600. The number of quaternary nitrogens is 1. The lowest BCUT2D eigenvalue weighted by Crippen LogP contribution is -2.61. The van der Waals surface area contributed by atoms with E-state index in [2.05, 4.69) is 5.32 Å². The van der Waals surface area contributed by atoms with Gasteiger partial charge in [0.05, 0.1) is 32.6 Å². The molecule has 1 fully saturated rings. The zero-order valence-corrected chi connectivity index (χ0v) is 21.9. The van der Waals surface area contributed by atoms with E-state index in [1.807, 2.05) is 0 Å². The van der Waals surface area contributed by atoms with Crippen LogP contribution in [-0.2, 0) is 25.6 Å². The first kappa shape index (κ1) is 31.9. The predicted octanol–water partition coefficient (Wildman–Crippen LogP) is -1.67. The molecule has 2 unspecified atom stereocenters. The van der Waals surface area contributed by atoms with E-state index < -0.39 is 30.0 Å². The summed E-state index contributed by atoms with van der Waals surface area (Å²) in [4.78, 5) is 48.8. The van der Waals surface area contributed by atoms with Crippen LogP contribution in [0.3, 0.4) is 0 Å². The molecule has 1 aliphatic heterocycles. The molecule has 6 N–H and O–H groups in total. The van der Waals surface area contributed by atoms with Gasteiger partial charge in [0.2, 0.25) is 0 Å². The third-order valence-electron chi connectivity index (χ3n) is 6.50. The van der Waals surface area contributed by atoms with Crippen LogP contribution in [0.15, 0.2) is 24.3 Å². The first-order valence-corrected chi connectivity index (χ1v) is 12.7. The summed E-state index contributed by atoms with van der Waals surface area (Å²) in [6.45, 7) is 1.94. The molecule has 218 valence electrons. The van der Waals surface area contributed by atoms with Gasteiger partial charge in [0, 0.05) is 39.3 Å². The number of hydrogen-bond acceptors (Lipinski definition) is 9. The summed E-state index contributed by atoms with van der Waals surface area (Å²) < 4.78 is 5.65. The van der Waals surface area contributed by atoms with Crippen molar-refractivity contribution in [2.45, 2.75) is 12.5 Å². The quantitative estimate of drug-likeness (QED) is 0.151. The van der Waals surface area contributed by atoms with Crippen molar-refractivity contribution >= 4 is 23.9 Å². The molecule has 0 amide bonds. The molecule has 0 spiro atoms. The zero-order chi connectivity index (χ0) is 28.8. The van der Waals surface area contributed by atoms with Gasteiger partial charge in [-0.1, -0.05) is 12.1 Å². The van der Waals surface area contributed by atoms with Crippen LogP contribution in [0.5, 0.6) is 5.75 Å². The Morgan fingerprint density at radius 3 is 2.00 bits per heavy atom. The number of nitrogens with zero attached hydrogens (tertiary/aromatic N) is 3. The van der Waals surface area contributed by atoms with Crippen molar-refractivity contribution in [2.75, 3.05) is 85.1 Å². The highest BCUT2D eigenvalue weighted by molar-refractivity contribution is 5.70. The van der Waals surface area contributed by atoms with Crippen LogP contribution in [0.4, 0.5) is 0 Å². The topological polar surface area (TPSA) is 197 Å². The van der Waals surface area contributed by atoms with Crippen LogP contribution in [0.1, 0.15) is 5.56 Å². The predicted molar refractivity (Wildman–Crippen MR) is 138 cm³/mol. The molecular formula is C25H39N4O10+. The number of rotatable bonds is 13. The van der Waals surface area contributed by atoms with Crippen molar-refractivity contribution in [1.82, 2.24) is 15.1 Å². The van der Waals surface area contributed by atoms with Gasteiger partial charge in [-0.25, -0.2) is 4.79 Å². The average Bonchev–Trinajstić information content (AvgIpc) is 2.82. The molecule has 1 aliphatic rings. The van der Waals surface area contributed by atoms with Crippen LogP contribution in [-0.4, -0.2) is 155 Å². The Kier molecular flexibility index (Phi) is 13.1. The number of aliphatic hydroxyl groups is 1. The largest absolute Gasteiger partial charge is 0.491 e. The molecule has 14 heteroatoms. The summed E-state index contributed by atoms with van der Waals surface area (Å²) in [6, 6.07) is 6.43. The maximum absolute atomic E-state index is 11.9. The van der Waals surface area contributed by atoms with Crippen LogP contribution in [0.25, 0.3) is 0 Å². The first-order chi connectivity index (χ1) is 18.5. The van der Waals surface area contributed by atoms with Crippen LogP contribution in [0.2, 0.25) is 0 Å². The second-order valence-electron chi connectivity index (χ2n) is 9.79. The van der Waals surface area contributed by atoms with E-state index in [1.54, 1.807) is 34.1 Å². The SMILES string of the molecule is O=C(O)Cc1ccc(OCC(O)C[N+]2(CC(=O)O)CCNCCN(CC(=O)O)CCN(CC(=O)O)CC2)cc1. The Morgan fingerprint density at radius 1 is 0.821 bits per heavy atom. The third kappa shape index (κ3) is 12.9. The Hall–Kier alpha value is -3.30. The normalized spacial score (nSPS) is 20.7. The van der Waals surface area contributed by atoms with Crippen molar-refractivity contribution in [3.63, 3.8) is 0 Å². The Morgan fingerprint density at radius 2 is 1.44 bits per heavy atom. The number of benzene rings is 1. The summed E-state index contributed by atoms with van der Waals surface area (Å²) in [7, 11) is 0. The highest BCUT2D eigenvalue weighted by atomic mass is 16.5. The lowest BCUT2D eigenvalue weighted by atomic mass is 10.1. The molecule has 0 radical (unpaired) electrons. The summed E-state index contributed by atoms with van der Waals surface area (Å²) in [6.07, 6.45) is -1.15. The molecule has 39 heavy (non-hydrogen) atoms. The van der Waals surface area contributed by atoms with Crippen LogP contribution >= 0.6 is 0 Å². The minimum atomic E-state index is -1.05. The van der Waals surface area contributed by atoms with E-state index >= 15 is 0 Å². The third-order valence-corrected chi connectivity index (χ3v) is 6.50. The number of ether oxygens (including phenoxy) is 1. The van der Waals surface area contributed by atoms with E-state index in [4.69, 9.17) is 9.84 Å². The number of nitrogens with one attached hydrogen (secondary N) is 1. The average molecular weight is 556 g/mol. The van der Waals surface area contributed by atoms with Crippen LogP contribution < -0.4 is 10.1 Å². The minimum Gasteiger partial charge on any atom is -0.491 e. The molecule has 0 aromatic heterocycles. The maximum Gasteiger partial charge on any atom is 0.359 e. The van der Waals surface area contributed by atoms with Gasteiger partial charge in [0.15, 0.2) is 6.54 Å². The molecular weight excluding hydrogens is 516 g/mol. The fourth-order valence-electron chi connectivity index (χ4n) is 4.61. The van der Waals surface area contributed by atoms with Crippen molar-refractivity contribution in [1.29, 1.82) is 0 Å². The molecule has 1 aromatic rings. The lowest BCUT2D eigenvalue weighted by molar-refractivity contribution is -0.922. The molecule has 1 aromatic carbocycles. The standard InChI is InChI=1S/C25H38N4O10/c30-20(18-39-21-3-1-19(2-4-21)13-22(31)32)16-29(17-25(37)38)11-6-26-5-7-27(14-23(33)34)8-9-28(10-12-29)15-24(35)36/h1-4,20,26,30H,5-18H2,(H3-,31,32,33,34,35,36,37,38)/p+1. The van der Waals surface area contributed by atoms with Crippen LogP contribution in [0, 0.1) is 0 Å². The molecule has 1 heterocycles. The fourth-order valence-corrected chi connectivity index (χ4v) is 4.61. The summed E-state index contributed by atoms with van der Waals surface area (Å²) >= 11 is 0. The smallest absolute Gasteiger partial charge is 0.359 e. The van der Waals surface area contributed by atoms with E-state index in [9.17, 15) is 39.6 Å². The molecule has 0 saturated carbocycles. The van der Waals surface area contributed by atoms with Crippen molar-refractivity contribution in [2.24, 2.45) is 0 Å². The molecule has 2 atom stereocenters. The monoisotopic (exact) mass is 555 g/mol. The Labute approximate surface area is 226 Å². The van der Waals surface area contributed by atoms with E-state index in [1.165, 1.54) is 0 Å². The number of carboxylic acid groups (broad SMARTS) is 4. The van der Waals surface area contributed by atoms with E-state index in [-0.39, 0.29) is 63.3 Å². The highest BCUT2D eigenvalue weighted by Crippen LogP contribution is 2.15.